The van der Waals surface area contributed by atoms with Crippen LogP contribution in [0.15, 0.2) is 18.2 Å². The molecule has 2 atom stereocenters. The van der Waals surface area contributed by atoms with Crippen LogP contribution in [0, 0.1) is 11.3 Å². The largest absolute Gasteiger partial charge is 0.504 e. The van der Waals surface area contributed by atoms with Gasteiger partial charge in [0.2, 0.25) is 0 Å². The third-order valence-electron chi connectivity index (χ3n) is 3.38. The zero-order valence-electron chi connectivity index (χ0n) is 11.2. The van der Waals surface area contributed by atoms with E-state index in [2.05, 4.69) is 20.8 Å². The number of aromatic hydroxyl groups is 1. The fourth-order valence-corrected chi connectivity index (χ4v) is 1.64. The summed E-state index contributed by atoms with van der Waals surface area (Å²) in [6.45, 7) is 8.31. The molecule has 0 saturated heterocycles. The van der Waals surface area contributed by atoms with Crippen LogP contribution in [0.3, 0.4) is 0 Å². The molecule has 0 aliphatic carbocycles. The molecule has 17 heavy (non-hydrogen) atoms. The predicted octanol–water partition coefficient (Wildman–Crippen LogP) is 3.12. The summed E-state index contributed by atoms with van der Waals surface area (Å²) in [5, 5.41) is 19.8. The van der Waals surface area contributed by atoms with Gasteiger partial charge in [0.25, 0.3) is 0 Å². The summed E-state index contributed by atoms with van der Waals surface area (Å²) in [7, 11) is 1.50. The molecule has 0 aromatic heterocycles. The van der Waals surface area contributed by atoms with Crippen LogP contribution in [0.1, 0.15) is 39.4 Å². The van der Waals surface area contributed by atoms with Crippen molar-refractivity contribution in [3.05, 3.63) is 23.8 Å². The van der Waals surface area contributed by atoms with Gasteiger partial charge in [-0.2, -0.15) is 0 Å². The second-order valence-corrected chi connectivity index (χ2v) is 5.53. The van der Waals surface area contributed by atoms with E-state index in [1.54, 1.807) is 18.2 Å². The highest BCUT2D eigenvalue weighted by molar-refractivity contribution is 5.42. The number of hydrogen-bond acceptors (Lipinski definition) is 3. The Kier molecular flexibility index (Phi) is 4.04. The quantitative estimate of drug-likeness (QED) is 0.850. The lowest BCUT2D eigenvalue weighted by molar-refractivity contribution is 0.0533. The van der Waals surface area contributed by atoms with Crippen molar-refractivity contribution >= 4 is 0 Å². The Hall–Kier alpha value is -1.22. The molecule has 1 aromatic rings. The predicted molar refractivity (Wildman–Crippen MR) is 68.2 cm³/mol. The number of phenols is 1. The molecule has 0 aliphatic rings. The van der Waals surface area contributed by atoms with Crippen molar-refractivity contribution in [2.45, 2.75) is 33.8 Å². The van der Waals surface area contributed by atoms with E-state index in [9.17, 15) is 10.2 Å². The molecule has 0 radical (unpaired) electrons. The highest BCUT2D eigenvalue weighted by Crippen LogP contribution is 2.38. The molecule has 0 aliphatic heterocycles. The third-order valence-corrected chi connectivity index (χ3v) is 3.38. The highest BCUT2D eigenvalue weighted by Gasteiger charge is 2.28. The van der Waals surface area contributed by atoms with Crippen LogP contribution in [0.2, 0.25) is 0 Å². The van der Waals surface area contributed by atoms with Crippen LogP contribution < -0.4 is 4.74 Å². The first-order valence-electron chi connectivity index (χ1n) is 5.82. The van der Waals surface area contributed by atoms with E-state index >= 15 is 0 Å². The number of aliphatic hydroxyl groups is 1. The van der Waals surface area contributed by atoms with Gasteiger partial charge in [-0.05, 0) is 29.0 Å². The van der Waals surface area contributed by atoms with E-state index in [4.69, 9.17) is 4.74 Å². The van der Waals surface area contributed by atoms with Crippen LogP contribution in [-0.2, 0) is 0 Å². The molecule has 0 spiro atoms. The lowest BCUT2D eigenvalue weighted by Crippen LogP contribution is -2.24. The average Bonchev–Trinajstić information content (AvgIpc) is 2.26. The summed E-state index contributed by atoms with van der Waals surface area (Å²) in [5.41, 5.74) is 0.784. The van der Waals surface area contributed by atoms with Crippen molar-refractivity contribution in [1.29, 1.82) is 0 Å². The Bertz CT molecular complexity index is 380. The monoisotopic (exact) mass is 238 g/mol. The molecule has 0 fully saturated rings. The molecule has 0 bridgehead atoms. The molecule has 0 amide bonds. The minimum Gasteiger partial charge on any atom is -0.504 e. The number of methoxy groups -OCH3 is 1. The SMILES string of the molecule is COc1cc(C(O)C(C)C(C)(C)C)ccc1O. The van der Waals surface area contributed by atoms with Crippen molar-refractivity contribution in [2.75, 3.05) is 7.11 Å². The molecule has 2 N–H and O–H groups in total. The zero-order chi connectivity index (χ0) is 13.2. The Morgan fingerprint density at radius 1 is 1.24 bits per heavy atom. The van der Waals surface area contributed by atoms with Gasteiger partial charge in [-0.1, -0.05) is 33.8 Å². The van der Waals surface area contributed by atoms with Crippen molar-refractivity contribution in [3.8, 4) is 11.5 Å². The molecule has 1 aromatic carbocycles. The summed E-state index contributed by atoms with van der Waals surface area (Å²) in [6.07, 6.45) is -0.565. The van der Waals surface area contributed by atoms with Gasteiger partial charge in [0.15, 0.2) is 11.5 Å². The number of aliphatic hydroxyl groups excluding tert-OH is 1. The van der Waals surface area contributed by atoms with Crippen molar-refractivity contribution < 1.29 is 14.9 Å². The van der Waals surface area contributed by atoms with Gasteiger partial charge in [0.1, 0.15) is 0 Å². The number of phenolic OH excluding ortho intramolecular Hbond substituents is 1. The molecule has 0 heterocycles. The Morgan fingerprint density at radius 3 is 2.29 bits per heavy atom. The smallest absolute Gasteiger partial charge is 0.160 e. The third kappa shape index (κ3) is 3.13. The summed E-state index contributed by atoms with van der Waals surface area (Å²) in [4.78, 5) is 0. The minimum atomic E-state index is -0.565. The van der Waals surface area contributed by atoms with Crippen molar-refractivity contribution in [3.63, 3.8) is 0 Å². The van der Waals surface area contributed by atoms with Gasteiger partial charge in [0.05, 0.1) is 13.2 Å². The molecular formula is C14H22O3. The fourth-order valence-electron chi connectivity index (χ4n) is 1.64. The Morgan fingerprint density at radius 2 is 1.82 bits per heavy atom. The Labute approximate surface area is 103 Å². The van der Waals surface area contributed by atoms with E-state index in [0.717, 1.165) is 5.56 Å². The molecule has 1 rings (SSSR count). The van der Waals surface area contributed by atoms with Crippen molar-refractivity contribution in [2.24, 2.45) is 11.3 Å². The van der Waals surface area contributed by atoms with Crippen LogP contribution >= 0.6 is 0 Å². The molecule has 3 heteroatoms. The van der Waals surface area contributed by atoms with E-state index in [0.29, 0.717) is 5.75 Å². The maximum Gasteiger partial charge on any atom is 0.160 e. The van der Waals surface area contributed by atoms with E-state index in [-0.39, 0.29) is 17.1 Å². The molecular weight excluding hydrogens is 216 g/mol. The zero-order valence-corrected chi connectivity index (χ0v) is 11.2. The summed E-state index contributed by atoms with van der Waals surface area (Å²) < 4.78 is 5.04. The number of ether oxygens (including phenoxy) is 1. The van der Waals surface area contributed by atoms with Crippen LogP contribution in [0.4, 0.5) is 0 Å². The van der Waals surface area contributed by atoms with Gasteiger partial charge in [0, 0.05) is 0 Å². The van der Waals surface area contributed by atoms with E-state index < -0.39 is 6.10 Å². The molecule has 0 saturated carbocycles. The normalized spacial score (nSPS) is 15.4. The second kappa shape index (κ2) is 4.96. The summed E-state index contributed by atoms with van der Waals surface area (Å²) in [6, 6.07) is 4.96. The van der Waals surface area contributed by atoms with Crippen LogP contribution in [-0.4, -0.2) is 17.3 Å². The molecule has 3 nitrogen and oxygen atoms in total. The van der Waals surface area contributed by atoms with Crippen LogP contribution in [0.25, 0.3) is 0 Å². The van der Waals surface area contributed by atoms with Gasteiger partial charge >= 0.3 is 0 Å². The molecule has 96 valence electrons. The topological polar surface area (TPSA) is 49.7 Å². The van der Waals surface area contributed by atoms with Gasteiger partial charge in [-0.3, -0.25) is 0 Å². The first kappa shape index (κ1) is 13.8. The lowest BCUT2D eigenvalue weighted by Gasteiger charge is -2.31. The lowest BCUT2D eigenvalue weighted by atomic mass is 9.77. The van der Waals surface area contributed by atoms with Gasteiger partial charge in [-0.25, -0.2) is 0 Å². The number of rotatable bonds is 3. The number of hydrogen-bond donors (Lipinski definition) is 2. The van der Waals surface area contributed by atoms with Gasteiger partial charge < -0.3 is 14.9 Å². The first-order valence-corrected chi connectivity index (χ1v) is 5.82. The number of benzene rings is 1. The summed E-state index contributed by atoms with van der Waals surface area (Å²) >= 11 is 0. The van der Waals surface area contributed by atoms with E-state index in [1.165, 1.54) is 7.11 Å². The average molecular weight is 238 g/mol. The maximum atomic E-state index is 10.3. The van der Waals surface area contributed by atoms with Gasteiger partial charge in [-0.15, -0.1) is 0 Å². The fraction of sp³-hybridized carbons (Fsp3) is 0.571. The second-order valence-electron chi connectivity index (χ2n) is 5.53. The standard InChI is InChI=1S/C14H22O3/c1-9(14(2,3)4)13(16)10-6-7-11(15)12(8-10)17-5/h6-9,13,15-16H,1-5H3. The first-order chi connectivity index (χ1) is 7.77. The summed E-state index contributed by atoms with van der Waals surface area (Å²) in [5.74, 6) is 0.589. The highest BCUT2D eigenvalue weighted by atomic mass is 16.5. The van der Waals surface area contributed by atoms with Crippen LogP contribution in [0.5, 0.6) is 11.5 Å². The Balaban J connectivity index is 3.00. The maximum absolute atomic E-state index is 10.3. The minimum absolute atomic E-state index is 0.0184. The molecule has 2 unspecified atom stereocenters. The van der Waals surface area contributed by atoms with E-state index in [1.807, 2.05) is 6.92 Å². The van der Waals surface area contributed by atoms with Crippen molar-refractivity contribution in [1.82, 2.24) is 0 Å².